The molecule has 0 aliphatic carbocycles. The number of cyclic esters (lactones) is 1. The summed E-state index contributed by atoms with van der Waals surface area (Å²) in [5.74, 6) is -0.446. The molecular weight excluding hydrogens is 384 g/mol. The van der Waals surface area contributed by atoms with Crippen LogP contribution in [0.25, 0.3) is 6.08 Å². The fraction of sp³-hybridized carbons (Fsp3) is 0.0588. The molecule has 0 aromatic heterocycles. The number of ether oxygens (including phenoxy) is 2. The minimum atomic E-state index is -2.89. The maximum absolute atomic E-state index is 12.1. The lowest BCUT2D eigenvalue weighted by molar-refractivity contribution is -0.129. The van der Waals surface area contributed by atoms with Crippen molar-refractivity contribution in [1.82, 2.24) is 0 Å². The second-order valence-electron chi connectivity index (χ2n) is 4.76. The number of esters is 1. The molecule has 0 N–H and O–H groups in total. The van der Waals surface area contributed by atoms with E-state index in [1.165, 1.54) is 24.3 Å². The molecular formula is C17H10BrF2NO3. The Hall–Kier alpha value is -2.54. The summed E-state index contributed by atoms with van der Waals surface area (Å²) in [4.78, 5) is 16.1. The fourth-order valence-corrected chi connectivity index (χ4v) is 2.45. The predicted molar refractivity (Wildman–Crippen MR) is 87.8 cm³/mol. The van der Waals surface area contributed by atoms with E-state index >= 15 is 0 Å². The Morgan fingerprint density at radius 3 is 2.50 bits per heavy atom. The van der Waals surface area contributed by atoms with Crippen molar-refractivity contribution in [3.8, 4) is 5.75 Å². The molecule has 0 radical (unpaired) electrons. The lowest BCUT2D eigenvalue weighted by Gasteiger charge is -2.04. The van der Waals surface area contributed by atoms with E-state index in [-0.39, 0.29) is 17.3 Å². The third-order valence-electron chi connectivity index (χ3n) is 3.14. The summed E-state index contributed by atoms with van der Waals surface area (Å²) in [5, 5.41) is 0. The van der Waals surface area contributed by atoms with E-state index in [1.54, 1.807) is 6.08 Å². The number of carbonyl (C=O) groups excluding carboxylic acids is 1. The molecule has 4 nitrogen and oxygen atoms in total. The maximum Gasteiger partial charge on any atom is 0.387 e. The second-order valence-corrected chi connectivity index (χ2v) is 5.61. The van der Waals surface area contributed by atoms with Crippen molar-refractivity contribution in [3.63, 3.8) is 0 Å². The maximum atomic E-state index is 12.1. The van der Waals surface area contributed by atoms with Crippen LogP contribution in [0, 0.1) is 0 Å². The minimum Gasteiger partial charge on any atom is -0.435 e. The third-order valence-corrected chi connectivity index (χ3v) is 3.87. The Bertz CT molecular complexity index is 832. The summed E-state index contributed by atoms with van der Waals surface area (Å²) in [5.41, 5.74) is 1.43. The largest absolute Gasteiger partial charge is 0.435 e. The molecule has 0 bridgehead atoms. The van der Waals surface area contributed by atoms with Crippen LogP contribution in [-0.2, 0) is 9.53 Å². The number of rotatable bonds is 4. The normalized spacial score (nSPS) is 15.6. The summed E-state index contributed by atoms with van der Waals surface area (Å²) in [6, 6.07) is 13.1. The van der Waals surface area contributed by atoms with E-state index < -0.39 is 12.6 Å². The molecule has 1 aliphatic rings. The van der Waals surface area contributed by atoms with E-state index in [4.69, 9.17) is 4.74 Å². The van der Waals surface area contributed by atoms with Gasteiger partial charge in [-0.05, 0) is 42.0 Å². The Labute approximate surface area is 144 Å². The Kier molecular flexibility index (Phi) is 4.71. The van der Waals surface area contributed by atoms with Gasteiger partial charge in [0.2, 0.25) is 5.90 Å². The number of carbonyl (C=O) groups is 1. The van der Waals surface area contributed by atoms with Gasteiger partial charge >= 0.3 is 12.6 Å². The van der Waals surface area contributed by atoms with Crippen molar-refractivity contribution >= 4 is 33.9 Å². The monoisotopic (exact) mass is 393 g/mol. The molecule has 0 fully saturated rings. The molecule has 122 valence electrons. The van der Waals surface area contributed by atoms with E-state index in [2.05, 4.69) is 25.7 Å². The number of aliphatic imine (C=N–C) groups is 1. The highest BCUT2D eigenvalue weighted by molar-refractivity contribution is 9.10. The van der Waals surface area contributed by atoms with Crippen LogP contribution < -0.4 is 4.74 Å². The highest BCUT2D eigenvalue weighted by Gasteiger charge is 2.24. The number of halogens is 3. The zero-order valence-corrected chi connectivity index (χ0v) is 13.7. The van der Waals surface area contributed by atoms with E-state index in [0.29, 0.717) is 5.56 Å². The lowest BCUT2D eigenvalue weighted by atomic mass is 10.2. The van der Waals surface area contributed by atoms with Crippen molar-refractivity contribution in [2.24, 2.45) is 4.99 Å². The first-order valence-corrected chi connectivity index (χ1v) is 7.64. The molecule has 7 heteroatoms. The Balaban J connectivity index is 1.85. The zero-order chi connectivity index (χ0) is 17.1. The van der Waals surface area contributed by atoms with Gasteiger partial charge in [-0.25, -0.2) is 9.79 Å². The number of benzene rings is 2. The molecule has 24 heavy (non-hydrogen) atoms. The molecule has 0 amide bonds. The van der Waals surface area contributed by atoms with Gasteiger partial charge in [-0.3, -0.25) is 0 Å². The summed E-state index contributed by atoms with van der Waals surface area (Å²) >= 11 is 3.39. The topological polar surface area (TPSA) is 47.9 Å². The smallest absolute Gasteiger partial charge is 0.387 e. The van der Waals surface area contributed by atoms with Crippen LogP contribution in [0.5, 0.6) is 5.75 Å². The quantitative estimate of drug-likeness (QED) is 0.571. The van der Waals surface area contributed by atoms with Gasteiger partial charge in [-0.2, -0.15) is 8.78 Å². The summed E-state index contributed by atoms with van der Waals surface area (Å²) in [6.07, 6.45) is 1.60. The Morgan fingerprint density at radius 2 is 1.83 bits per heavy atom. The minimum absolute atomic E-state index is 0.0163. The van der Waals surface area contributed by atoms with Gasteiger partial charge in [0.25, 0.3) is 0 Å². The van der Waals surface area contributed by atoms with Crippen molar-refractivity contribution in [2.45, 2.75) is 6.61 Å². The SMILES string of the molecule is O=C1OC(c2ccc(OC(F)F)cc2)=N/C1=C\c1ccccc1Br. The molecule has 1 aliphatic heterocycles. The summed E-state index contributed by atoms with van der Waals surface area (Å²) in [6.45, 7) is -2.89. The van der Waals surface area contributed by atoms with Crippen molar-refractivity contribution in [3.05, 3.63) is 69.8 Å². The molecule has 3 rings (SSSR count). The first kappa shape index (κ1) is 16.3. The van der Waals surface area contributed by atoms with Crippen molar-refractivity contribution < 1.29 is 23.0 Å². The lowest BCUT2D eigenvalue weighted by Crippen LogP contribution is -2.06. The average molecular weight is 394 g/mol. The van der Waals surface area contributed by atoms with E-state index in [1.807, 2.05) is 24.3 Å². The predicted octanol–water partition coefficient (Wildman–Crippen LogP) is 4.40. The third kappa shape index (κ3) is 3.68. The van der Waals surface area contributed by atoms with Gasteiger partial charge in [0, 0.05) is 10.0 Å². The van der Waals surface area contributed by atoms with Crippen LogP contribution in [0.2, 0.25) is 0 Å². The summed E-state index contributed by atoms with van der Waals surface area (Å²) in [7, 11) is 0. The first-order valence-electron chi connectivity index (χ1n) is 6.85. The average Bonchev–Trinajstić information content (AvgIpc) is 2.91. The van der Waals surface area contributed by atoms with Gasteiger partial charge in [-0.1, -0.05) is 34.1 Å². The van der Waals surface area contributed by atoms with Crippen LogP contribution in [0.1, 0.15) is 11.1 Å². The van der Waals surface area contributed by atoms with Gasteiger partial charge in [0.1, 0.15) is 5.75 Å². The van der Waals surface area contributed by atoms with E-state index in [9.17, 15) is 13.6 Å². The van der Waals surface area contributed by atoms with Crippen LogP contribution in [0.15, 0.2) is 63.7 Å². The standard InChI is InChI=1S/C17H10BrF2NO3/c18-13-4-2-1-3-11(13)9-14-16(22)24-15(21-14)10-5-7-12(8-6-10)23-17(19)20/h1-9,17H/b14-9-. The molecule has 0 saturated heterocycles. The zero-order valence-electron chi connectivity index (χ0n) is 12.1. The number of nitrogens with zero attached hydrogens (tertiary/aromatic N) is 1. The fourth-order valence-electron chi connectivity index (χ4n) is 2.05. The number of hydrogen-bond acceptors (Lipinski definition) is 4. The highest BCUT2D eigenvalue weighted by atomic mass is 79.9. The molecule has 1 heterocycles. The number of alkyl halides is 2. The Morgan fingerprint density at radius 1 is 1.12 bits per heavy atom. The van der Waals surface area contributed by atoms with Crippen molar-refractivity contribution in [1.29, 1.82) is 0 Å². The molecule has 0 spiro atoms. The van der Waals surface area contributed by atoms with E-state index in [0.717, 1.165) is 10.0 Å². The van der Waals surface area contributed by atoms with Crippen LogP contribution in [0.3, 0.4) is 0 Å². The molecule has 2 aromatic carbocycles. The van der Waals surface area contributed by atoms with Crippen LogP contribution in [-0.4, -0.2) is 18.5 Å². The van der Waals surface area contributed by atoms with Gasteiger partial charge in [-0.15, -0.1) is 0 Å². The van der Waals surface area contributed by atoms with Gasteiger partial charge < -0.3 is 9.47 Å². The molecule has 0 saturated carbocycles. The second kappa shape index (κ2) is 6.92. The molecule has 2 aromatic rings. The molecule has 0 unspecified atom stereocenters. The van der Waals surface area contributed by atoms with Crippen LogP contribution in [0.4, 0.5) is 8.78 Å². The van der Waals surface area contributed by atoms with Crippen molar-refractivity contribution in [2.75, 3.05) is 0 Å². The first-order chi connectivity index (χ1) is 11.5. The number of hydrogen-bond donors (Lipinski definition) is 0. The van der Waals surface area contributed by atoms with Gasteiger partial charge in [0.05, 0.1) is 0 Å². The van der Waals surface area contributed by atoms with Gasteiger partial charge in [0.15, 0.2) is 5.70 Å². The highest BCUT2D eigenvalue weighted by Crippen LogP contribution is 2.24. The van der Waals surface area contributed by atoms with Crippen LogP contribution >= 0.6 is 15.9 Å². The molecule has 0 atom stereocenters. The summed E-state index contributed by atoms with van der Waals surface area (Å²) < 4.78 is 34.5.